The molecular formula is C25H31Cl2N5O4S. The molecule has 0 aromatic heterocycles. The summed E-state index contributed by atoms with van der Waals surface area (Å²) in [6.07, 6.45) is 2.17. The number of carbonyl (C=O) groups excluding carboxylic acids is 3. The van der Waals surface area contributed by atoms with Crippen LogP contribution in [0.4, 0.5) is 4.79 Å². The zero-order valence-electron chi connectivity index (χ0n) is 20.7. The predicted molar refractivity (Wildman–Crippen MR) is 146 cm³/mol. The van der Waals surface area contributed by atoms with Crippen LogP contribution in [-0.2, 0) is 16.1 Å². The molecule has 2 atom stereocenters. The number of nitrogens with two attached hydrogens (primary N) is 1. The fourth-order valence-corrected chi connectivity index (χ4v) is 4.99. The molecule has 2 unspecified atom stereocenters. The number of halogens is 2. The molecule has 1 aliphatic heterocycles. The molecule has 1 saturated heterocycles. The zero-order valence-corrected chi connectivity index (χ0v) is 23.1. The number of hydrogen-bond acceptors (Lipinski definition) is 7. The number of esters is 1. The van der Waals surface area contributed by atoms with E-state index in [1.807, 2.05) is 12.1 Å². The topological polar surface area (TPSA) is 108 Å². The van der Waals surface area contributed by atoms with Crippen molar-refractivity contribution >= 4 is 53.1 Å². The number of benzene rings is 2. The molecule has 3 N–H and O–H groups in total. The Bertz CT molecular complexity index is 1070. The van der Waals surface area contributed by atoms with Gasteiger partial charge in [-0.25, -0.2) is 4.79 Å². The van der Waals surface area contributed by atoms with Crippen molar-refractivity contribution < 1.29 is 19.1 Å². The van der Waals surface area contributed by atoms with Gasteiger partial charge in [0.05, 0.1) is 6.54 Å². The van der Waals surface area contributed by atoms with E-state index in [9.17, 15) is 14.4 Å². The zero-order chi connectivity index (χ0) is 26.9. The summed E-state index contributed by atoms with van der Waals surface area (Å²) in [5.41, 5.74) is 6.04. The maximum Gasteiger partial charge on any atom is 0.335 e. The Morgan fingerprint density at radius 3 is 2.30 bits per heavy atom. The maximum atomic E-state index is 13.3. The van der Waals surface area contributed by atoms with Crippen LogP contribution in [0, 0.1) is 0 Å². The minimum absolute atomic E-state index is 0.276. The molecule has 3 amide bonds. The van der Waals surface area contributed by atoms with E-state index in [1.165, 1.54) is 9.21 Å². The second-order valence-electron chi connectivity index (χ2n) is 8.71. The van der Waals surface area contributed by atoms with Gasteiger partial charge in [-0.05, 0) is 75.4 Å². The van der Waals surface area contributed by atoms with Gasteiger partial charge in [0.2, 0.25) is 0 Å². The number of nitrogens with zero attached hydrogens (tertiary/aromatic N) is 3. The SMILES string of the molecule is CN(C)C(CCCCN)C(=O)OCN1C(=O)N(Cc2ccc(Cl)cc2)SC1NC(=O)c1ccc(Cl)cc1. The molecule has 1 aliphatic rings. The van der Waals surface area contributed by atoms with E-state index in [0.29, 0.717) is 28.6 Å². The van der Waals surface area contributed by atoms with Gasteiger partial charge in [-0.15, -0.1) is 0 Å². The number of rotatable bonds is 12. The first-order valence-electron chi connectivity index (χ1n) is 11.8. The number of carbonyl (C=O) groups is 3. The van der Waals surface area contributed by atoms with Gasteiger partial charge in [0, 0.05) is 27.6 Å². The molecule has 0 spiro atoms. The Morgan fingerprint density at radius 1 is 1.08 bits per heavy atom. The van der Waals surface area contributed by atoms with Crippen LogP contribution in [0.25, 0.3) is 0 Å². The van der Waals surface area contributed by atoms with Crippen molar-refractivity contribution in [1.82, 2.24) is 19.4 Å². The Hall–Kier alpha value is -2.50. The summed E-state index contributed by atoms with van der Waals surface area (Å²) in [4.78, 5) is 42.1. The van der Waals surface area contributed by atoms with Crippen LogP contribution in [0.2, 0.25) is 10.0 Å². The molecule has 2 aromatic rings. The van der Waals surface area contributed by atoms with Gasteiger partial charge >= 0.3 is 12.0 Å². The van der Waals surface area contributed by atoms with Crippen LogP contribution in [-0.4, -0.2) is 70.9 Å². The van der Waals surface area contributed by atoms with Crippen LogP contribution in [0.15, 0.2) is 48.5 Å². The number of ether oxygens (including phenoxy) is 1. The molecule has 0 saturated carbocycles. The molecule has 0 radical (unpaired) electrons. The number of unbranched alkanes of at least 4 members (excludes halogenated alkanes) is 1. The summed E-state index contributed by atoms with van der Waals surface area (Å²) in [6, 6.07) is 12.7. The lowest BCUT2D eigenvalue weighted by molar-refractivity contribution is -0.153. The van der Waals surface area contributed by atoms with Crippen molar-refractivity contribution in [3.8, 4) is 0 Å². The number of urea groups is 1. The highest BCUT2D eigenvalue weighted by atomic mass is 35.5. The number of likely N-dealkylation sites (N-methyl/N-ethyl adjacent to an activating group) is 1. The van der Waals surface area contributed by atoms with Gasteiger partial charge in [-0.1, -0.05) is 41.8 Å². The molecule has 12 heteroatoms. The average molecular weight is 569 g/mol. The number of hydrogen-bond donors (Lipinski definition) is 2. The van der Waals surface area contributed by atoms with Gasteiger partial charge in [-0.3, -0.25) is 23.7 Å². The van der Waals surface area contributed by atoms with Gasteiger partial charge in [0.1, 0.15) is 6.04 Å². The lowest BCUT2D eigenvalue weighted by Crippen LogP contribution is -2.47. The standard InChI is InChI=1S/C25H31Cl2N5O4S/c1-30(2)21(5-3-4-14-28)23(34)36-16-31-24(29-22(33)18-8-12-20(27)13-9-18)37-32(25(31)35)15-17-6-10-19(26)11-7-17/h6-13,21,24H,3-5,14-16,28H2,1-2H3,(H,29,33). The normalized spacial score (nSPS) is 16.3. The van der Waals surface area contributed by atoms with Gasteiger partial charge < -0.3 is 15.8 Å². The molecule has 37 heavy (non-hydrogen) atoms. The van der Waals surface area contributed by atoms with Crippen molar-refractivity contribution in [2.24, 2.45) is 5.73 Å². The van der Waals surface area contributed by atoms with Crippen molar-refractivity contribution in [2.45, 2.75) is 37.3 Å². The van der Waals surface area contributed by atoms with Crippen molar-refractivity contribution in [3.63, 3.8) is 0 Å². The lowest BCUT2D eigenvalue weighted by Gasteiger charge is -2.26. The highest BCUT2D eigenvalue weighted by Gasteiger charge is 2.40. The van der Waals surface area contributed by atoms with E-state index < -0.39 is 23.5 Å². The van der Waals surface area contributed by atoms with Crippen molar-refractivity contribution in [2.75, 3.05) is 27.4 Å². The molecule has 9 nitrogen and oxygen atoms in total. The lowest BCUT2D eigenvalue weighted by atomic mass is 10.1. The third-order valence-corrected chi connectivity index (χ3v) is 7.36. The Balaban J connectivity index is 1.72. The molecule has 0 aliphatic carbocycles. The van der Waals surface area contributed by atoms with E-state index in [2.05, 4.69) is 5.32 Å². The molecule has 3 rings (SSSR count). The molecule has 0 bridgehead atoms. The Labute approximate surface area is 231 Å². The van der Waals surface area contributed by atoms with E-state index in [1.54, 1.807) is 55.4 Å². The first-order chi connectivity index (χ1) is 17.7. The quantitative estimate of drug-likeness (QED) is 0.225. The second-order valence-corrected chi connectivity index (χ2v) is 10.7. The largest absolute Gasteiger partial charge is 0.443 e. The maximum absolute atomic E-state index is 13.3. The van der Waals surface area contributed by atoms with Crippen LogP contribution in [0.3, 0.4) is 0 Å². The third-order valence-electron chi connectivity index (χ3n) is 5.74. The summed E-state index contributed by atoms with van der Waals surface area (Å²) in [7, 11) is 3.60. The van der Waals surface area contributed by atoms with Crippen molar-refractivity contribution in [1.29, 1.82) is 0 Å². The molecule has 200 valence electrons. The van der Waals surface area contributed by atoms with Crippen LogP contribution in [0.5, 0.6) is 0 Å². The fourth-order valence-electron chi connectivity index (χ4n) is 3.65. The minimum Gasteiger partial charge on any atom is -0.443 e. The number of amides is 3. The molecule has 2 aromatic carbocycles. The Kier molecular flexibility index (Phi) is 10.9. The minimum atomic E-state index is -0.786. The summed E-state index contributed by atoms with van der Waals surface area (Å²) < 4.78 is 7.07. The average Bonchev–Trinajstić information content (AvgIpc) is 3.15. The summed E-state index contributed by atoms with van der Waals surface area (Å²) in [6.45, 7) is 0.513. The van der Waals surface area contributed by atoms with Crippen LogP contribution < -0.4 is 11.1 Å². The number of nitrogens with one attached hydrogen (secondary N) is 1. The van der Waals surface area contributed by atoms with Gasteiger partial charge in [0.15, 0.2) is 12.2 Å². The third kappa shape index (κ3) is 8.24. The van der Waals surface area contributed by atoms with Crippen LogP contribution >= 0.6 is 35.1 Å². The predicted octanol–water partition coefficient (Wildman–Crippen LogP) is 4.15. The summed E-state index contributed by atoms with van der Waals surface area (Å²) >= 11 is 13.0. The fraction of sp³-hybridized carbons (Fsp3) is 0.400. The van der Waals surface area contributed by atoms with E-state index >= 15 is 0 Å². The summed E-state index contributed by atoms with van der Waals surface area (Å²) in [5.74, 6) is -0.835. The molecule has 1 fully saturated rings. The molecule has 1 heterocycles. The Morgan fingerprint density at radius 2 is 1.70 bits per heavy atom. The van der Waals surface area contributed by atoms with Gasteiger partial charge in [-0.2, -0.15) is 0 Å². The molecular weight excluding hydrogens is 537 g/mol. The van der Waals surface area contributed by atoms with E-state index in [4.69, 9.17) is 33.7 Å². The van der Waals surface area contributed by atoms with Crippen LogP contribution in [0.1, 0.15) is 35.2 Å². The highest BCUT2D eigenvalue weighted by Crippen LogP contribution is 2.32. The van der Waals surface area contributed by atoms with Gasteiger partial charge in [0.25, 0.3) is 5.91 Å². The van der Waals surface area contributed by atoms with E-state index in [-0.39, 0.29) is 19.2 Å². The van der Waals surface area contributed by atoms with Crippen molar-refractivity contribution in [3.05, 3.63) is 69.7 Å². The highest BCUT2D eigenvalue weighted by molar-refractivity contribution is 7.98. The van der Waals surface area contributed by atoms with E-state index in [0.717, 1.165) is 30.4 Å². The monoisotopic (exact) mass is 567 g/mol. The summed E-state index contributed by atoms with van der Waals surface area (Å²) in [5, 5.41) is 3.94. The smallest absolute Gasteiger partial charge is 0.335 e. The first kappa shape index (κ1) is 29.1. The second kappa shape index (κ2) is 13.9. The first-order valence-corrected chi connectivity index (χ1v) is 13.4.